The molecule has 2 fully saturated rings. The maximum absolute atomic E-state index is 7.04. The van der Waals surface area contributed by atoms with E-state index in [4.69, 9.17) is 28.8 Å². The molecule has 4 heterocycles. The van der Waals surface area contributed by atoms with Gasteiger partial charge in [0, 0.05) is 42.0 Å². The molecule has 0 bridgehead atoms. The standard InChI is InChI=1S/C34H38ClN5S/c1-21-16-22(2)20-38(19-21)31-14-13-26(18-28(31)35)40-33(32(37-34(40)41)29-11-8-9-15-36-29)27-17-24(4)39(25(27)5)30-12-7-6-10-23(30)3/h6-15,17-18,21-22,32-33H,16,19-20H2,1-5H3,(H,37,41)/t21-,22+,32-,33+/m1/s1. The van der Waals surface area contributed by atoms with Crippen molar-refractivity contribution in [2.45, 2.75) is 53.1 Å². The molecule has 0 unspecified atom stereocenters. The lowest BCUT2D eigenvalue weighted by Gasteiger charge is -2.37. The zero-order chi connectivity index (χ0) is 28.8. The fraction of sp³-hybridized carbons (Fsp3) is 0.353. The highest BCUT2D eigenvalue weighted by atomic mass is 35.5. The molecule has 7 heteroatoms. The number of piperidine rings is 1. The number of nitrogens with one attached hydrogen (secondary N) is 1. The van der Waals surface area contributed by atoms with Crippen LogP contribution in [0.15, 0.2) is 72.9 Å². The zero-order valence-electron chi connectivity index (χ0n) is 24.4. The summed E-state index contributed by atoms with van der Waals surface area (Å²) < 4.78 is 2.36. The van der Waals surface area contributed by atoms with Crippen LogP contribution in [-0.2, 0) is 0 Å². The van der Waals surface area contributed by atoms with Gasteiger partial charge >= 0.3 is 0 Å². The lowest BCUT2D eigenvalue weighted by atomic mass is 9.91. The van der Waals surface area contributed by atoms with Crippen molar-refractivity contribution in [3.63, 3.8) is 0 Å². The number of para-hydroxylation sites is 1. The van der Waals surface area contributed by atoms with Gasteiger partial charge in [0.25, 0.3) is 0 Å². The van der Waals surface area contributed by atoms with Crippen molar-refractivity contribution in [1.29, 1.82) is 0 Å². The molecule has 5 nitrogen and oxygen atoms in total. The zero-order valence-corrected chi connectivity index (χ0v) is 26.0. The Morgan fingerprint density at radius 3 is 2.32 bits per heavy atom. The summed E-state index contributed by atoms with van der Waals surface area (Å²) in [5, 5.41) is 5.05. The predicted molar refractivity (Wildman–Crippen MR) is 175 cm³/mol. The number of anilines is 2. The van der Waals surface area contributed by atoms with Crippen molar-refractivity contribution in [3.8, 4) is 5.69 Å². The summed E-state index contributed by atoms with van der Waals surface area (Å²) in [7, 11) is 0. The summed E-state index contributed by atoms with van der Waals surface area (Å²) in [6.45, 7) is 13.3. The number of rotatable bonds is 5. The molecular weight excluding hydrogens is 546 g/mol. The lowest BCUT2D eigenvalue weighted by molar-refractivity contribution is 0.357. The number of nitrogens with zero attached hydrogens (tertiary/aromatic N) is 4. The quantitative estimate of drug-likeness (QED) is 0.240. The fourth-order valence-corrected chi connectivity index (χ4v) is 7.62. The van der Waals surface area contributed by atoms with Gasteiger partial charge in [0.2, 0.25) is 0 Å². The molecule has 0 aliphatic carbocycles. The molecule has 2 aromatic carbocycles. The van der Waals surface area contributed by atoms with E-state index in [0.717, 1.165) is 35.2 Å². The van der Waals surface area contributed by atoms with E-state index in [1.807, 2.05) is 18.3 Å². The Morgan fingerprint density at radius 2 is 1.63 bits per heavy atom. The van der Waals surface area contributed by atoms with Gasteiger partial charge in [0.15, 0.2) is 5.11 Å². The number of benzene rings is 2. The third-order valence-electron chi connectivity index (χ3n) is 8.66. The number of aromatic nitrogens is 2. The average molecular weight is 584 g/mol. The van der Waals surface area contributed by atoms with Gasteiger partial charge in [-0.1, -0.05) is 49.7 Å². The maximum atomic E-state index is 7.04. The van der Waals surface area contributed by atoms with Gasteiger partial charge in [-0.3, -0.25) is 4.98 Å². The average Bonchev–Trinajstić information content (AvgIpc) is 3.43. The van der Waals surface area contributed by atoms with Crippen molar-refractivity contribution >= 4 is 40.3 Å². The monoisotopic (exact) mass is 583 g/mol. The second-order valence-corrected chi connectivity index (χ2v) is 12.7. The minimum atomic E-state index is -0.114. The van der Waals surface area contributed by atoms with Gasteiger partial charge in [0.05, 0.1) is 28.5 Å². The van der Waals surface area contributed by atoms with E-state index in [2.05, 4.69) is 109 Å². The SMILES string of the molecule is Cc1ccccc1-n1c(C)cc([C@H]2[C@@H](c3ccccn3)NC(=S)N2c2ccc(N3C[C@H](C)C[C@H](C)C3)c(Cl)c2)c1C. The molecule has 1 N–H and O–H groups in total. The van der Waals surface area contributed by atoms with Crippen molar-refractivity contribution < 1.29 is 0 Å². The van der Waals surface area contributed by atoms with Gasteiger partial charge in [0.1, 0.15) is 0 Å². The number of hydrogen-bond donors (Lipinski definition) is 1. The van der Waals surface area contributed by atoms with Crippen LogP contribution < -0.4 is 15.1 Å². The van der Waals surface area contributed by atoms with Crippen molar-refractivity contribution in [3.05, 3.63) is 106 Å². The number of aryl methyl sites for hydroxylation is 2. The van der Waals surface area contributed by atoms with Crippen LogP contribution in [0.3, 0.4) is 0 Å². The molecule has 2 saturated heterocycles. The van der Waals surface area contributed by atoms with Crippen LogP contribution in [0.2, 0.25) is 5.02 Å². The summed E-state index contributed by atoms with van der Waals surface area (Å²) in [5.74, 6) is 1.30. The first-order valence-electron chi connectivity index (χ1n) is 14.5. The third-order valence-corrected chi connectivity index (χ3v) is 9.28. The molecule has 0 radical (unpaired) electrons. The highest BCUT2D eigenvalue weighted by Crippen LogP contribution is 2.45. The Labute approximate surface area is 254 Å². The summed E-state index contributed by atoms with van der Waals surface area (Å²) >= 11 is 13.1. The lowest BCUT2D eigenvalue weighted by Crippen LogP contribution is -2.38. The van der Waals surface area contributed by atoms with E-state index in [-0.39, 0.29) is 12.1 Å². The number of thiocarbonyl (C=S) groups is 1. The van der Waals surface area contributed by atoms with Crippen LogP contribution in [0.25, 0.3) is 5.69 Å². The third kappa shape index (κ3) is 5.13. The van der Waals surface area contributed by atoms with Gasteiger partial charge < -0.3 is 19.7 Å². The summed E-state index contributed by atoms with van der Waals surface area (Å²) in [6.07, 6.45) is 3.11. The van der Waals surface area contributed by atoms with E-state index in [0.29, 0.717) is 16.9 Å². The Bertz CT molecular complexity index is 1570. The molecule has 2 aromatic heterocycles. The summed E-state index contributed by atoms with van der Waals surface area (Å²) in [4.78, 5) is 9.42. The minimum Gasteiger partial charge on any atom is -0.370 e. The highest BCUT2D eigenvalue weighted by molar-refractivity contribution is 7.80. The fourth-order valence-electron chi connectivity index (χ4n) is 6.98. The van der Waals surface area contributed by atoms with Crippen LogP contribution in [0, 0.1) is 32.6 Å². The van der Waals surface area contributed by atoms with E-state index in [1.165, 1.54) is 34.6 Å². The predicted octanol–water partition coefficient (Wildman–Crippen LogP) is 8.11. The Kier molecular flexibility index (Phi) is 7.56. The minimum absolute atomic E-state index is 0.0988. The first-order valence-corrected chi connectivity index (χ1v) is 15.3. The number of hydrogen-bond acceptors (Lipinski definition) is 3. The van der Waals surface area contributed by atoms with Crippen molar-refractivity contribution in [2.75, 3.05) is 22.9 Å². The van der Waals surface area contributed by atoms with Crippen LogP contribution in [0.4, 0.5) is 11.4 Å². The maximum Gasteiger partial charge on any atom is 0.174 e. The van der Waals surface area contributed by atoms with E-state index in [1.54, 1.807) is 0 Å². The second kappa shape index (κ2) is 11.1. The molecule has 212 valence electrons. The molecule has 0 amide bonds. The number of halogens is 1. The second-order valence-electron chi connectivity index (χ2n) is 11.9. The van der Waals surface area contributed by atoms with Gasteiger partial charge in [-0.25, -0.2) is 0 Å². The topological polar surface area (TPSA) is 36.3 Å². The van der Waals surface area contributed by atoms with Gasteiger partial charge in [-0.2, -0.15) is 0 Å². The molecular formula is C34H38ClN5S. The van der Waals surface area contributed by atoms with Crippen LogP contribution >= 0.6 is 23.8 Å². The van der Waals surface area contributed by atoms with E-state index >= 15 is 0 Å². The van der Waals surface area contributed by atoms with Crippen LogP contribution in [-0.4, -0.2) is 27.8 Å². The number of pyridine rings is 1. The Balaban J connectivity index is 1.45. The van der Waals surface area contributed by atoms with Crippen molar-refractivity contribution in [2.24, 2.45) is 11.8 Å². The molecule has 0 spiro atoms. The van der Waals surface area contributed by atoms with Crippen LogP contribution in [0.5, 0.6) is 0 Å². The first-order chi connectivity index (χ1) is 19.7. The van der Waals surface area contributed by atoms with E-state index in [9.17, 15) is 0 Å². The van der Waals surface area contributed by atoms with E-state index < -0.39 is 0 Å². The molecule has 4 atom stereocenters. The van der Waals surface area contributed by atoms with Gasteiger partial charge in [-0.15, -0.1) is 0 Å². The molecule has 2 aliphatic heterocycles. The van der Waals surface area contributed by atoms with Crippen LogP contribution in [0.1, 0.15) is 60.6 Å². The molecule has 0 saturated carbocycles. The highest BCUT2D eigenvalue weighted by Gasteiger charge is 2.42. The normalized spacial score (nSPS) is 22.7. The van der Waals surface area contributed by atoms with Crippen molar-refractivity contribution in [1.82, 2.24) is 14.9 Å². The summed E-state index contributed by atoms with van der Waals surface area (Å²) in [6, 6.07) is 23.1. The molecule has 6 rings (SSSR count). The molecule has 2 aliphatic rings. The molecule has 41 heavy (non-hydrogen) atoms. The van der Waals surface area contributed by atoms with Gasteiger partial charge in [-0.05, 0) is 105 Å². The Hall–Kier alpha value is -3.35. The Morgan fingerprint density at radius 1 is 0.902 bits per heavy atom. The largest absolute Gasteiger partial charge is 0.370 e. The molecule has 4 aromatic rings. The smallest absolute Gasteiger partial charge is 0.174 e. The first kappa shape index (κ1) is 27.8. The summed E-state index contributed by atoms with van der Waals surface area (Å²) in [5.41, 5.74) is 9.07.